The van der Waals surface area contributed by atoms with Crippen LogP contribution < -0.4 is 5.32 Å². The fourth-order valence-electron chi connectivity index (χ4n) is 2.75. The summed E-state index contributed by atoms with van der Waals surface area (Å²) < 4.78 is 0. The van der Waals surface area contributed by atoms with Crippen LogP contribution in [0.2, 0.25) is 0 Å². The number of likely N-dealkylation sites (N-methyl/N-ethyl adjacent to an activating group) is 1. The van der Waals surface area contributed by atoms with Gasteiger partial charge in [-0.25, -0.2) is 4.79 Å². The van der Waals surface area contributed by atoms with Gasteiger partial charge in [-0.15, -0.1) is 0 Å². The van der Waals surface area contributed by atoms with Crippen LogP contribution in [0.3, 0.4) is 0 Å². The summed E-state index contributed by atoms with van der Waals surface area (Å²) in [5.74, 6) is -0.962. The molecule has 0 spiro atoms. The van der Waals surface area contributed by atoms with Crippen LogP contribution in [0.15, 0.2) is 30.3 Å². The molecule has 1 N–H and O–H groups in total. The fourth-order valence-corrected chi connectivity index (χ4v) is 2.75. The summed E-state index contributed by atoms with van der Waals surface area (Å²) in [6.45, 7) is 2.06. The molecule has 1 aliphatic heterocycles. The van der Waals surface area contributed by atoms with Gasteiger partial charge >= 0.3 is 6.03 Å². The molecule has 1 aromatic carbocycles. The summed E-state index contributed by atoms with van der Waals surface area (Å²) in [6.07, 6.45) is 3.10. The number of carbonyl (C=O) groups excluding carboxylic acids is 3. The smallest absolute Gasteiger partial charge is 0.276 e. The third kappa shape index (κ3) is 2.55. The van der Waals surface area contributed by atoms with Gasteiger partial charge in [0, 0.05) is 7.05 Å². The molecular weight excluding hydrogens is 268 g/mol. The van der Waals surface area contributed by atoms with Crippen molar-refractivity contribution < 1.29 is 14.4 Å². The van der Waals surface area contributed by atoms with Gasteiger partial charge in [-0.3, -0.25) is 19.8 Å². The summed E-state index contributed by atoms with van der Waals surface area (Å²) in [5, 5.41) is 2.30. The molecule has 1 saturated heterocycles. The molecule has 1 heterocycles. The summed E-state index contributed by atoms with van der Waals surface area (Å²) in [5.41, 5.74) is -0.651. The maximum Gasteiger partial charge on any atom is 0.330 e. The lowest BCUT2D eigenvalue weighted by Gasteiger charge is -2.38. The number of imide groups is 2. The van der Waals surface area contributed by atoms with Crippen LogP contribution in [-0.4, -0.2) is 29.8 Å². The van der Waals surface area contributed by atoms with E-state index in [-0.39, 0.29) is 0 Å². The average molecular weight is 288 g/mol. The van der Waals surface area contributed by atoms with E-state index in [0.717, 1.165) is 24.2 Å². The highest BCUT2D eigenvalue weighted by Gasteiger charge is 2.53. The molecule has 0 bridgehead atoms. The first-order valence-electron chi connectivity index (χ1n) is 7.23. The molecule has 112 valence electrons. The van der Waals surface area contributed by atoms with Crippen molar-refractivity contribution in [1.29, 1.82) is 0 Å². The molecule has 0 aromatic heterocycles. The lowest BCUT2D eigenvalue weighted by molar-refractivity contribution is -0.145. The summed E-state index contributed by atoms with van der Waals surface area (Å²) in [4.78, 5) is 37.8. The lowest BCUT2D eigenvalue weighted by Crippen LogP contribution is -2.64. The van der Waals surface area contributed by atoms with Gasteiger partial charge in [0.1, 0.15) is 0 Å². The molecular formula is C16H20N2O3. The monoisotopic (exact) mass is 288 g/mol. The van der Waals surface area contributed by atoms with Crippen molar-refractivity contribution in [2.24, 2.45) is 0 Å². The number of unbranched alkanes of at least 4 members (excludes halogenated alkanes) is 2. The average Bonchev–Trinajstić information content (AvgIpc) is 2.50. The quantitative estimate of drug-likeness (QED) is 0.667. The van der Waals surface area contributed by atoms with Crippen LogP contribution in [0.25, 0.3) is 0 Å². The molecule has 2 rings (SSSR count). The molecule has 5 nitrogen and oxygen atoms in total. The number of rotatable bonds is 5. The van der Waals surface area contributed by atoms with Gasteiger partial charge in [0.05, 0.1) is 0 Å². The number of benzene rings is 1. The van der Waals surface area contributed by atoms with Crippen molar-refractivity contribution in [3.8, 4) is 0 Å². The zero-order chi connectivity index (χ0) is 15.5. The van der Waals surface area contributed by atoms with Crippen molar-refractivity contribution >= 4 is 17.8 Å². The Hall–Kier alpha value is -2.17. The Kier molecular flexibility index (Phi) is 4.40. The van der Waals surface area contributed by atoms with E-state index in [1.165, 1.54) is 7.05 Å². The Labute approximate surface area is 124 Å². The van der Waals surface area contributed by atoms with Crippen LogP contribution >= 0.6 is 0 Å². The number of barbiturate groups is 1. The Morgan fingerprint density at radius 1 is 1.10 bits per heavy atom. The minimum Gasteiger partial charge on any atom is -0.276 e. The van der Waals surface area contributed by atoms with Crippen molar-refractivity contribution in [3.63, 3.8) is 0 Å². The zero-order valence-electron chi connectivity index (χ0n) is 12.4. The second-order valence-electron chi connectivity index (χ2n) is 5.35. The topological polar surface area (TPSA) is 66.5 Å². The highest BCUT2D eigenvalue weighted by atomic mass is 16.2. The zero-order valence-corrected chi connectivity index (χ0v) is 12.4. The number of urea groups is 1. The lowest BCUT2D eigenvalue weighted by atomic mass is 9.73. The number of carbonyl (C=O) groups is 3. The number of hydrogen-bond donors (Lipinski definition) is 1. The van der Waals surface area contributed by atoms with E-state index in [1.54, 1.807) is 24.3 Å². The van der Waals surface area contributed by atoms with Gasteiger partial charge in [0.15, 0.2) is 5.41 Å². The summed E-state index contributed by atoms with van der Waals surface area (Å²) in [6, 6.07) is 8.32. The Morgan fingerprint density at radius 3 is 2.38 bits per heavy atom. The van der Waals surface area contributed by atoms with Gasteiger partial charge in [-0.1, -0.05) is 56.5 Å². The standard InChI is InChI=1S/C16H20N2O3/c1-3-4-8-11-16(12-9-6-5-7-10-12)13(19)17-15(21)18(2)14(16)20/h5-7,9-10H,3-4,8,11H2,1-2H3,(H,17,19,21). The first-order valence-corrected chi connectivity index (χ1v) is 7.23. The van der Waals surface area contributed by atoms with E-state index in [0.29, 0.717) is 12.0 Å². The molecule has 0 saturated carbocycles. The number of hydrogen-bond acceptors (Lipinski definition) is 3. The normalized spacial score (nSPS) is 22.4. The molecule has 1 fully saturated rings. The van der Waals surface area contributed by atoms with Gasteiger partial charge in [0.2, 0.25) is 5.91 Å². The van der Waals surface area contributed by atoms with Crippen LogP contribution in [0.1, 0.15) is 38.2 Å². The molecule has 1 atom stereocenters. The van der Waals surface area contributed by atoms with Gasteiger partial charge in [-0.05, 0) is 12.0 Å². The van der Waals surface area contributed by atoms with Crippen LogP contribution in [0.4, 0.5) is 4.79 Å². The maximum atomic E-state index is 12.7. The number of nitrogens with zero attached hydrogens (tertiary/aromatic N) is 1. The van der Waals surface area contributed by atoms with E-state index in [1.807, 2.05) is 6.07 Å². The van der Waals surface area contributed by atoms with Gasteiger partial charge in [-0.2, -0.15) is 0 Å². The molecule has 1 aromatic rings. The van der Waals surface area contributed by atoms with E-state index in [4.69, 9.17) is 0 Å². The van der Waals surface area contributed by atoms with Crippen molar-refractivity contribution in [1.82, 2.24) is 10.2 Å². The SMILES string of the molecule is CCCCCC1(c2ccccc2)C(=O)NC(=O)N(C)C1=O. The third-order valence-electron chi connectivity index (χ3n) is 4.00. The van der Waals surface area contributed by atoms with Crippen molar-refractivity contribution in [3.05, 3.63) is 35.9 Å². The Balaban J connectivity index is 2.47. The molecule has 5 heteroatoms. The predicted molar refractivity (Wildman–Crippen MR) is 78.6 cm³/mol. The minimum atomic E-state index is -1.29. The van der Waals surface area contributed by atoms with E-state index in [9.17, 15) is 14.4 Å². The Bertz CT molecular complexity index is 556. The second-order valence-corrected chi connectivity index (χ2v) is 5.35. The molecule has 21 heavy (non-hydrogen) atoms. The van der Waals surface area contributed by atoms with E-state index >= 15 is 0 Å². The highest BCUT2D eigenvalue weighted by molar-refractivity contribution is 6.22. The first kappa shape index (κ1) is 15.2. The van der Waals surface area contributed by atoms with Gasteiger partial charge in [0.25, 0.3) is 5.91 Å². The highest BCUT2D eigenvalue weighted by Crippen LogP contribution is 2.34. The molecule has 1 aliphatic rings. The van der Waals surface area contributed by atoms with Gasteiger partial charge < -0.3 is 0 Å². The van der Waals surface area contributed by atoms with Crippen LogP contribution in [-0.2, 0) is 15.0 Å². The second kappa shape index (κ2) is 6.08. The number of nitrogens with one attached hydrogen (secondary N) is 1. The molecule has 0 aliphatic carbocycles. The molecule has 0 radical (unpaired) electrons. The Morgan fingerprint density at radius 2 is 1.76 bits per heavy atom. The van der Waals surface area contributed by atoms with E-state index in [2.05, 4.69) is 12.2 Å². The first-order chi connectivity index (χ1) is 10.0. The molecule has 4 amide bonds. The van der Waals surface area contributed by atoms with Crippen molar-refractivity contribution in [2.45, 2.75) is 38.0 Å². The summed E-state index contributed by atoms with van der Waals surface area (Å²) >= 11 is 0. The molecule has 1 unspecified atom stereocenters. The van der Waals surface area contributed by atoms with E-state index < -0.39 is 23.3 Å². The fraction of sp³-hybridized carbons (Fsp3) is 0.438. The largest absolute Gasteiger partial charge is 0.330 e. The van der Waals surface area contributed by atoms with Crippen LogP contribution in [0, 0.1) is 0 Å². The minimum absolute atomic E-state index is 0.410. The summed E-state index contributed by atoms with van der Waals surface area (Å²) in [7, 11) is 1.40. The number of amides is 4. The predicted octanol–water partition coefficient (Wildman–Crippen LogP) is 2.21. The third-order valence-corrected chi connectivity index (χ3v) is 4.00. The van der Waals surface area contributed by atoms with Crippen LogP contribution in [0.5, 0.6) is 0 Å². The maximum absolute atomic E-state index is 12.7. The van der Waals surface area contributed by atoms with Crippen molar-refractivity contribution in [2.75, 3.05) is 7.05 Å².